The lowest BCUT2D eigenvalue weighted by Gasteiger charge is -2.11. The van der Waals surface area contributed by atoms with Crippen LogP contribution in [0, 0.1) is 10.1 Å². The van der Waals surface area contributed by atoms with Crippen molar-refractivity contribution in [3.63, 3.8) is 0 Å². The summed E-state index contributed by atoms with van der Waals surface area (Å²) in [6.07, 6.45) is -0.285. The number of anilines is 1. The Morgan fingerprint density at radius 1 is 1.63 bits per heavy atom. The molecular weight excluding hydrogens is 294 g/mol. The average molecular weight is 309 g/mol. The van der Waals surface area contributed by atoms with Crippen LogP contribution in [0.4, 0.5) is 10.7 Å². The van der Waals surface area contributed by atoms with E-state index in [0.29, 0.717) is 17.9 Å². The van der Waals surface area contributed by atoms with Gasteiger partial charge in [-0.25, -0.2) is 13.1 Å². The van der Waals surface area contributed by atoms with Crippen molar-refractivity contribution in [2.45, 2.75) is 24.2 Å². The number of rotatable bonds is 7. The number of nitrogens with two attached hydrogens (primary N) is 1. The monoisotopic (exact) mass is 309 g/mol. The van der Waals surface area contributed by atoms with Gasteiger partial charge in [0.2, 0.25) is 10.0 Å². The van der Waals surface area contributed by atoms with Crippen LogP contribution in [0.1, 0.15) is 13.8 Å². The first-order chi connectivity index (χ1) is 8.77. The Balaban J connectivity index is 2.83. The summed E-state index contributed by atoms with van der Waals surface area (Å²) in [5.41, 5.74) is 5.00. The zero-order valence-corrected chi connectivity index (χ0v) is 12.1. The van der Waals surface area contributed by atoms with E-state index in [4.69, 9.17) is 10.5 Å². The van der Waals surface area contributed by atoms with E-state index in [1.54, 1.807) is 13.8 Å². The molecule has 1 aromatic heterocycles. The van der Waals surface area contributed by atoms with Crippen molar-refractivity contribution < 1.29 is 18.1 Å². The van der Waals surface area contributed by atoms with E-state index in [9.17, 15) is 18.5 Å². The third-order valence-corrected chi connectivity index (χ3v) is 5.04. The fourth-order valence-corrected chi connectivity index (χ4v) is 3.66. The van der Waals surface area contributed by atoms with Crippen LogP contribution >= 0.6 is 11.3 Å². The third kappa shape index (κ3) is 4.13. The second-order valence-corrected chi connectivity index (χ2v) is 6.77. The molecule has 1 rings (SSSR count). The highest BCUT2D eigenvalue weighted by molar-refractivity contribution is 7.91. The summed E-state index contributed by atoms with van der Waals surface area (Å²) in [5, 5.41) is 10.5. The van der Waals surface area contributed by atoms with Gasteiger partial charge < -0.3 is 10.5 Å². The summed E-state index contributed by atoms with van der Waals surface area (Å²) < 4.78 is 31.1. The van der Waals surface area contributed by atoms with Crippen molar-refractivity contribution in [3.8, 4) is 0 Å². The van der Waals surface area contributed by atoms with Gasteiger partial charge in [0.05, 0.1) is 11.0 Å². The molecule has 1 heterocycles. The third-order valence-electron chi connectivity index (χ3n) is 2.19. The molecule has 0 aliphatic rings. The first-order valence-corrected chi connectivity index (χ1v) is 7.72. The highest BCUT2D eigenvalue weighted by Crippen LogP contribution is 2.34. The molecule has 0 bridgehead atoms. The number of hydrogen-bond acceptors (Lipinski definition) is 7. The van der Waals surface area contributed by atoms with E-state index in [2.05, 4.69) is 4.72 Å². The van der Waals surface area contributed by atoms with Crippen molar-refractivity contribution in [1.82, 2.24) is 4.72 Å². The molecule has 108 valence electrons. The lowest BCUT2D eigenvalue weighted by atomic mass is 10.4. The molecule has 1 atom stereocenters. The molecule has 0 radical (unpaired) electrons. The predicted octanol–water partition coefficient (Wildman–Crippen LogP) is 0.942. The quantitative estimate of drug-likeness (QED) is 0.570. The van der Waals surface area contributed by atoms with Gasteiger partial charge in [-0.1, -0.05) is 11.3 Å². The molecule has 0 aliphatic heterocycles. The topological polar surface area (TPSA) is 125 Å². The van der Waals surface area contributed by atoms with Crippen molar-refractivity contribution in [2.24, 2.45) is 0 Å². The molecule has 0 saturated carbocycles. The molecule has 1 aromatic rings. The van der Waals surface area contributed by atoms with Crippen molar-refractivity contribution in [1.29, 1.82) is 0 Å². The second-order valence-electron chi connectivity index (χ2n) is 3.69. The Bertz CT molecular complexity index is 554. The van der Waals surface area contributed by atoms with Crippen LogP contribution < -0.4 is 10.5 Å². The number of nitrogens with one attached hydrogen (secondary N) is 1. The molecule has 0 amide bonds. The maximum atomic E-state index is 11.9. The first-order valence-electron chi connectivity index (χ1n) is 5.43. The summed E-state index contributed by atoms with van der Waals surface area (Å²) >= 11 is 0.659. The van der Waals surface area contributed by atoms with Gasteiger partial charge in [-0.3, -0.25) is 10.1 Å². The van der Waals surface area contributed by atoms with Gasteiger partial charge in [-0.2, -0.15) is 0 Å². The van der Waals surface area contributed by atoms with E-state index in [1.807, 2.05) is 0 Å². The van der Waals surface area contributed by atoms with Crippen LogP contribution in [0.25, 0.3) is 0 Å². The number of hydrogen-bond donors (Lipinski definition) is 2. The highest BCUT2D eigenvalue weighted by atomic mass is 32.2. The Labute approximate surface area is 114 Å². The van der Waals surface area contributed by atoms with Gasteiger partial charge in [0.15, 0.2) is 5.00 Å². The summed E-state index contributed by atoms with van der Waals surface area (Å²) in [6.45, 7) is 4.08. The predicted molar refractivity (Wildman–Crippen MR) is 71.7 cm³/mol. The Hall–Kier alpha value is -1.23. The van der Waals surface area contributed by atoms with Gasteiger partial charge in [-0.15, -0.1) is 0 Å². The van der Waals surface area contributed by atoms with E-state index < -0.39 is 20.6 Å². The number of nitro groups is 1. The Kier molecular flexibility index (Phi) is 5.23. The normalized spacial score (nSPS) is 13.4. The molecule has 0 fully saturated rings. The molecule has 0 spiro atoms. The van der Waals surface area contributed by atoms with E-state index in [0.717, 1.165) is 6.07 Å². The van der Waals surface area contributed by atoms with Crippen LogP contribution in [0.3, 0.4) is 0 Å². The minimum Gasteiger partial charge on any atom is -0.385 e. The zero-order valence-electron chi connectivity index (χ0n) is 10.5. The van der Waals surface area contributed by atoms with Crippen molar-refractivity contribution >= 4 is 32.0 Å². The van der Waals surface area contributed by atoms with Gasteiger partial charge in [-0.05, 0) is 13.8 Å². The summed E-state index contributed by atoms with van der Waals surface area (Å²) in [5.74, 6) is 0. The maximum absolute atomic E-state index is 11.9. The maximum Gasteiger partial charge on any atom is 0.304 e. The smallest absolute Gasteiger partial charge is 0.304 e. The fourth-order valence-electron chi connectivity index (χ4n) is 1.29. The van der Waals surface area contributed by atoms with Crippen LogP contribution in [0.15, 0.2) is 10.3 Å². The minimum absolute atomic E-state index is 0.0851. The lowest BCUT2D eigenvalue weighted by molar-refractivity contribution is -0.383. The largest absolute Gasteiger partial charge is 0.385 e. The summed E-state index contributed by atoms with van der Waals surface area (Å²) in [6, 6.07) is 0.952. The molecule has 19 heavy (non-hydrogen) atoms. The molecule has 3 N–H and O–H groups in total. The van der Waals surface area contributed by atoms with E-state index in [-0.39, 0.29) is 21.9 Å². The lowest BCUT2D eigenvalue weighted by Crippen LogP contribution is -2.31. The minimum atomic E-state index is -3.80. The van der Waals surface area contributed by atoms with E-state index >= 15 is 0 Å². The molecule has 0 aliphatic carbocycles. The molecular formula is C9H15N3O5S2. The van der Waals surface area contributed by atoms with Gasteiger partial charge in [0.25, 0.3) is 0 Å². The van der Waals surface area contributed by atoms with Gasteiger partial charge in [0, 0.05) is 19.2 Å². The van der Waals surface area contributed by atoms with Crippen LogP contribution in [0.2, 0.25) is 0 Å². The van der Waals surface area contributed by atoms with Crippen molar-refractivity contribution in [3.05, 3.63) is 16.2 Å². The van der Waals surface area contributed by atoms with Crippen LogP contribution in [-0.4, -0.2) is 32.6 Å². The van der Waals surface area contributed by atoms with Gasteiger partial charge in [0.1, 0.15) is 4.21 Å². The number of nitrogens with zero attached hydrogens (tertiary/aromatic N) is 1. The van der Waals surface area contributed by atoms with Crippen LogP contribution in [0.5, 0.6) is 0 Å². The SMILES string of the molecule is CCOC(C)CNS(=O)(=O)c1cc([N+](=O)[O-])c(N)s1. The summed E-state index contributed by atoms with van der Waals surface area (Å²) in [4.78, 5) is 9.90. The molecule has 0 aromatic carbocycles. The molecule has 8 nitrogen and oxygen atoms in total. The van der Waals surface area contributed by atoms with Gasteiger partial charge >= 0.3 is 5.69 Å². The summed E-state index contributed by atoms with van der Waals surface area (Å²) in [7, 11) is -3.80. The molecule has 0 saturated heterocycles. The number of nitrogen functional groups attached to an aromatic ring is 1. The first kappa shape index (κ1) is 15.8. The number of sulfonamides is 1. The zero-order chi connectivity index (χ0) is 14.6. The second kappa shape index (κ2) is 6.28. The Morgan fingerprint density at radius 3 is 2.74 bits per heavy atom. The standard InChI is InChI=1S/C9H15N3O5S2/c1-3-17-6(2)5-11-19(15,16)8-4-7(12(13)14)9(10)18-8/h4,6,11H,3,5,10H2,1-2H3. The molecule has 10 heteroatoms. The van der Waals surface area contributed by atoms with Crippen LogP contribution in [-0.2, 0) is 14.8 Å². The fraction of sp³-hybridized carbons (Fsp3) is 0.556. The number of thiophene rings is 1. The average Bonchev–Trinajstić information content (AvgIpc) is 2.70. The van der Waals surface area contributed by atoms with Crippen molar-refractivity contribution in [2.75, 3.05) is 18.9 Å². The number of ether oxygens (including phenoxy) is 1. The molecule has 1 unspecified atom stereocenters. The highest BCUT2D eigenvalue weighted by Gasteiger charge is 2.24. The van der Waals surface area contributed by atoms with E-state index in [1.165, 1.54) is 0 Å². The Morgan fingerprint density at radius 2 is 2.26 bits per heavy atom.